The lowest BCUT2D eigenvalue weighted by atomic mass is 10.1. The van der Waals surface area contributed by atoms with Crippen molar-refractivity contribution in [1.29, 1.82) is 0 Å². The first kappa shape index (κ1) is 17.9. The van der Waals surface area contributed by atoms with Crippen LogP contribution in [0.15, 0.2) is 42.5 Å². The Morgan fingerprint density at radius 1 is 1.15 bits per heavy atom. The summed E-state index contributed by atoms with van der Waals surface area (Å²) in [5.41, 5.74) is 2.99. The van der Waals surface area contributed by atoms with E-state index >= 15 is 0 Å². The molecule has 1 amide bonds. The third kappa shape index (κ3) is 4.17. The molecule has 0 bridgehead atoms. The van der Waals surface area contributed by atoms with Crippen molar-refractivity contribution in [3.8, 4) is 17.2 Å². The summed E-state index contributed by atoms with van der Waals surface area (Å²) in [7, 11) is 3.40. The van der Waals surface area contributed by atoms with Crippen LogP contribution in [0.25, 0.3) is 6.08 Å². The van der Waals surface area contributed by atoms with Gasteiger partial charge in [-0.1, -0.05) is 17.7 Å². The summed E-state index contributed by atoms with van der Waals surface area (Å²) < 4.78 is 16.5. The molecule has 0 aliphatic carbocycles. The highest BCUT2D eigenvalue weighted by Gasteiger charge is 2.13. The summed E-state index contributed by atoms with van der Waals surface area (Å²) >= 11 is 0. The maximum Gasteiger partial charge on any atom is 0.246 e. The lowest BCUT2D eigenvalue weighted by molar-refractivity contribution is -0.125. The van der Waals surface area contributed by atoms with Crippen molar-refractivity contribution < 1.29 is 19.0 Å². The van der Waals surface area contributed by atoms with Gasteiger partial charge in [0.2, 0.25) is 5.91 Å². The molecule has 0 spiro atoms. The number of hydrogen-bond acceptors (Lipinski definition) is 4. The molecule has 5 nitrogen and oxygen atoms in total. The number of methoxy groups -OCH3 is 1. The maximum absolute atomic E-state index is 12.4. The number of amides is 1. The Morgan fingerprint density at radius 2 is 1.92 bits per heavy atom. The average molecular weight is 353 g/mol. The van der Waals surface area contributed by atoms with Gasteiger partial charge in [-0.2, -0.15) is 0 Å². The van der Waals surface area contributed by atoms with Crippen LogP contribution < -0.4 is 14.2 Å². The molecule has 0 aromatic heterocycles. The molecule has 2 aromatic carbocycles. The molecular formula is C21H23NO4. The fraction of sp³-hybridized carbons (Fsp3) is 0.286. The minimum absolute atomic E-state index is 0.0801. The summed E-state index contributed by atoms with van der Waals surface area (Å²) in [6, 6.07) is 11.6. The fourth-order valence-corrected chi connectivity index (χ4v) is 2.81. The fourth-order valence-electron chi connectivity index (χ4n) is 2.81. The van der Waals surface area contributed by atoms with Crippen molar-refractivity contribution in [3.63, 3.8) is 0 Å². The molecule has 1 heterocycles. The van der Waals surface area contributed by atoms with Crippen molar-refractivity contribution in [2.45, 2.75) is 13.5 Å². The van der Waals surface area contributed by atoms with E-state index in [0.29, 0.717) is 19.8 Å². The predicted molar refractivity (Wildman–Crippen MR) is 101 cm³/mol. The van der Waals surface area contributed by atoms with Crippen LogP contribution in [0.4, 0.5) is 0 Å². The number of carbonyl (C=O) groups is 1. The Morgan fingerprint density at radius 3 is 2.69 bits per heavy atom. The molecule has 26 heavy (non-hydrogen) atoms. The highest BCUT2D eigenvalue weighted by molar-refractivity contribution is 5.92. The largest absolute Gasteiger partial charge is 0.496 e. The lowest BCUT2D eigenvalue weighted by Gasteiger charge is -2.20. The molecule has 0 unspecified atom stereocenters. The monoisotopic (exact) mass is 353 g/mol. The van der Waals surface area contributed by atoms with Crippen molar-refractivity contribution in [3.05, 3.63) is 59.2 Å². The van der Waals surface area contributed by atoms with Gasteiger partial charge in [0, 0.05) is 25.2 Å². The van der Waals surface area contributed by atoms with E-state index in [0.717, 1.165) is 33.9 Å². The lowest BCUT2D eigenvalue weighted by Crippen LogP contribution is -2.24. The Kier molecular flexibility index (Phi) is 5.46. The number of hydrogen-bond donors (Lipinski definition) is 0. The molecule has 2 aromatic rings. The van der Waals surface area contributed by atoms with E-state index in [2.05, 4.69) is 0 Å². The number of nitrogens with zero attached hydrogens (tertiary/aromatic N) is 1. The van der Waals surface area contributed by atoms with Crippen molar-refractivity contribution in [1.82, 2.24) is 4.90 Å². The Bertz CT molecular complexity index is 829. The highest BCUT2D eigenvalue weighted by Crippen LogP contribution is 2.31. The van der Waals surface area contributed by atoms with E-state index < -0.39 is 0 Å². The van der Waals surface area contributed by atoms with Crippen molar-refractivity contribution in [2.24, 2.45) is 0 Å². The standard InChI is InChI=1S/C21H23NO4/c1-15-4-7-18(24-3)17(12-15)6-9-21(23)22(2)14-16-5-8-19-20(13-16)26-11-10-25-19/h4-9,12-13H,10-11,14H2,1-3H3/b9-6+. The Labute approximate surface area is 153 Å². The summed E-state index contributed by atoms with van der Waals surface area (Å²) in [6.45, 7) is 3.61. The van der Waals surface area contributed by atoms with E-state index in [4.69, 9.17) is 14.2 Å². The first-order chi connectivity index (χ1) is 12.6. The second kappa shape index (κ2) is 7.95. The Hall–Kier alpha value is -2.95. The third-order valence-electron chi connectivity index (χ3n) is 4.19. The van der Waals surface area contributed by atoms with Gasteiger partial charge in [0.15, 0.2) is 11.5 Å². The minimum atomic E-state index is -0.0801. The smallest absolute Gasteiger partial charge is 0.246 e. The predicted octanol–water partition coefficient (Wildman–Crippen LogP) is 3.45. The molecule has 0 N–H and O–H groups in total. The SMILES string of the molecule is COc1ccc(C)cc1/C=C/C(=O)N(C)Cc1ccc2c(c1)OCCO2. The zero-order valence-corrected chi connectivity index (χ0v) is 15.3. The summed E-state index contributed by atoms with van der Waals surface area (Å²) in [5.74, 6) is 2.15. The molecule has 0 saturated carbocycles. The zero-order valence-electron chi connectivity index (χ0n) is 15.3. The first-order valence-electron chi connectivity index (χ1n) is 8.53. The topological polar surface area (TPSA) is 48.0 Å². The van der Waals surface area contributed by atoms with Crippen LogP contribution in [0.5, 0.6) is 17.2 Å². The van der Waals surface area contributed by atoms with Gasteiger partial charge in [0.05, 0.1) is 7.11 Å². The van der Waals surface area contributed by atoms with Gasteiger partial charge < -0.3 is 19.1 Å². The van der Waals surface area contributed by atoms with E-state index in [9.17, 15) is 4.79 Å². The average Bonchev–Trinajstić information content (AvgIpc) is 2.66. The van der Waals surface area contributed by atoms with E-state index in [-0.39, 0.29) is 5.91 Å². The van der Waals surface area contributed by atoms with Crippen LogP contribution >= 0.6 is 0 Å². The number of rotatable bonds is 5. The van der Waals surface area contributed by atoms with Gasteiger partial charge in [-0.15, -0.1) is 0 Å². The van der Waals surface area contributed by atoms with Crippen LogP contribution in [-0.4, -0.2) is 38.2 Å². The molecule has 5 heteroatoms. The quantitative estimate of drug-likeness (QED) is 0.773. The molecule has 0 fully saturated rings. The second-order valence-electron chi connectivity index (χ2n) is 6.25. The van der Waals surface area contributed by atoms with E-state index in [1.165, 1.54) is 0 Å². The second-order valence-corrected chi connectivity index (χ2v) is 6.25. The van der Waals surface area contributed by atoms with Crippen LogP contribution in [0.3, 0.4) is 0 Å². The van der Waals surface area contributed by atoms with Gasteiger partial charge in [-0.05, 0) is 42.8 Å². The van der Waals surface area contributed by atoms with Gasteiger partial charge >= 0.3 is 0 Å². The number of aryl methyl sites for hydroxylation is 1. The molecule has 1 aliphatic rings. The summed E-state index contributed by atoms with van der Waals surface area (Å²) in [4.78, 5) is 14.1. The number of carbonyl (C=O) groups excluding carboxylic acids is 1. The summed E-state index contributed by atoms with van der Waals surface area (Å²) in [6.07, 6.45) is 3.35. The zero-order chi connectivity index (χ0) is 18.5. The number of likely N-dealkylation sites (N-methyl/N-ethyl adjacent to an activating group) is 1. The van der Waals surface area contributed by atoms with Crippen LogP contribution in [0.2, 0.25) is 0 Å². The first-order valence-corrected chi connectivity index (χ1v) is 8.53. The molecule has 136 valence electrons. The van der Waals surface area contributed by atoms with Crippen LogP contribution in [-0.2, 0) is 11.3 Å². The summed E-state index contributed by atoms with van der Waals surface area (Å²) in [5, 5.41) is 0. The molecule has 0 radical (unpaired) electrons. The molecular weight excluding hydrogens is 330 g/mol. The normalized spacial score (nSPS) is 12.9. The molecule has 3 rings (SSSR count). The maximum atomic E-state index is 12.4. The van der Waals surface area contributed by atoms with Gasteiger partial charge in [0.1, 0.15) is 19.0 Å². The van der Waals surface area contributed by atoms with Crippen LogP contribution in [0, 0.1) is 6.92 Å². The van der Waals surface area contributed by atoms with Crippen molar-refractivity contribution in [2.75, 3.05) is 27.4 Å². The number of fused-ring (bicyclic) bond motifs is 1. The minimum Gasteiger partial charge on any atom is -0.496 e. The van der Waals surface area contributed by atoms with Gasteiger partial charge in [0.25, 0.3) is 0 Å². The van der Waals surface area contributed by atoms with E-state index in [1.54, 1.807) is 31.2 Å². The van der Waals surface area contributed by atoms with E-state index in [1.807, 2.05) is 43.3 Å². The molecule has 0 saturated heterocycles. The highest BCUT2D eigenvalue weighted by atomic mass is 16.6. The third-order valence-corrected chi connectivity index (χ3v) is 4.19. The van der Waals surface area contributed by atoms with Crippen LogP contribution in [0.1, 0.15) is 16.7 Å². The molecule has 1 aliphatic heterocycles. The van der Waals surface area contributed by atoms with Crippen molar-refractivity contribution >= 4 is 12.0 Å². The Balaban J connectivity index is 1.67. The number of benzene rings is 2. The van der Waals surface area contributed by atoms with Gasteiger partial charge in [-0.3, -0.25) is 4.79 Å². The van der Waals surface area contributed by atoms with Gasteiger partial charge in [-0.25, -0.2) is 0 Å². The number of ether oxygens (including phenoxy) is 3. The molecule has 0 atom stereocenters.